The number of H-pyrrole nitrogens is 1. The van der Waals surface area contributed by atoms with E-state index in [9.17, 15) is 9.90 Å². The van der Waals surface area contributed by atoms with Gasteiger partial charge in [-0.3, -0.25) is 0 Å². The van der Waals surface area contributed by atoms with Gasteiger partial charge >= 0.3 is 6.03 Å². The van der Waals surface area contributed by atoms with Crippen LogP contribution in [0.25, 0.3) is 10.9 Å². The number of azo groups is 1. The minimum Gasteiger partial charge on any atom is -0.493 e. The lowest BCUT2D eigenvalue weighted by molar-refractivity contribution is 0.258. The van der Waals surface area contributed by atoms with Crippen LogP contribution in [0.15, 0.2) is 46.6 Å². The average Bonchev–Trinajstić information content (AvgIpc) is 2.84. The van der Waals surface area contributed by atoms with Crippen molar-refractivity contribution in [3.05, 3.63) is 53.1 Å². The van der Waals surface area contributed by atoms with Gasteiger partial charge in [-0.2, -0.15) is 0 Å². The Kier molecular flexibility index (Phi) is 4.04. The maximum Gasteiger partial charge on any atom is 0.364 e. The second kappa shape index (κ2) is 6.16. The summed E-state index contributed by atoms with van der Waals surface area (Å²) < 4.78 is 0. The second-order valence-electron chi connectivity index (χ2n) is 5.77. The zero-order chi connectivity index (χ0) is 17.3. The van der Waals surface area contributed by atoms with Gasteiger partial charge in [0, 0.05) is 11.1 Å². The first kappa shape index (κ1) is 15.7. The van der Waals surface area contributed by atoms with Gasteiger partial charge < -0.3 is 15.4 Å². The molecule has 0 saturated heterocycles. The first-order valence-corrected chi connectivity index (χ1v) is 7.56. The highest BCUT2D eigenvalue weighted by Crippen LogP contribution is 2.35. The average molecular weight is 322 g/mol. The van der Waals surface area contributed by atoms with Crippen LogP contribution in [0.1, 0.15) is 16.7 Å². The molecule has 0 atom stereocenters. The number of nitrogens with zero attached hydrogens (tertiary/aromatic N) is 2. The van der Waals surface area contributed by atoms with Gasteiger partial charge in [0.25, 0.3) is 0 Å². The fourth-order valence-electron chi connectivity index (χ4n) is 2.62. The fourth-order valence-corrected chi connectivity index (χ4v) is 2.62. The third-order valence-electron chi connectivity index (χ3n) is 3.86. The zero-order valence-corrected chi connectivity index (χ0v) is 13.7. The molecule has 2 amide bonds. The van der Waals surface area contributed by atoms with Crippen molar-refractivity contribution in [1.82, 2.24) is 4.98 Å². The molecule has 2 aromatic carbocycles. The van der Waals surface area contributed by atoms with Crippen LogP contribution in [0.4, 0.5) is 16.2 Å². The molecule has 3 rings (SSSR count). The minimum atomic E-state index is -0.589. The molecule has 1 heterocycles. The molecule has 24 heavy (non-hydrogen) atoms. The van der Waals surface area contributed by atoms with Gasteiger partial charge in [0.1, 0.15) is 0 Å². The standard InChI is InChI=1S/C18H18N4O2/c1-10-7-8-14-13(9-10)16(17(23)19-14)21-22-18(24)20-15-11(2)5-4-6-12(15)3/h4-9,19,23H,1-3H3,(H,20,24). The molecule has 3 aromatic rings. The highest BCUT2D eigenvalue weighted by Gasteiger charge is 2.12. The molecule has 0 saturated carbocycles. The molecule has 6 nitrogen and oxygen atoms in total. The summed E-state index contributed by atoms with van der Waals surface area (Å²) in [4.78, 5) is 14.9. The van der Waals surface area contributed by atoms with Crippen molar-refractivity contribution in [1.29, 1.82) is 0 Å². The number of carbonyl (C=O) groups excluding carboxylic acids is 1. The lowest BCUT2D eigenvalue weighted by atomic mass is 10.1. The number of nitrogens with one attached hydrogen (secondary N) is 2. The Bertz CT molecular complexity index is 937. The van der Waals surface area contributed by atoms with Gasteiger partial charge in [-0.25, -0.2) is 4.79 Å². The molecule has 0 aliphatic rings. The number of aromatic nitrogens is 1. The maximum atomic E-state index is 12.1. The molecule has 3 N–H and O–H groups in total. The van der Waals surface area contributed by atoms with E-state index in [1.54, 1.807) is 0 Å². The number of fused-ring (bicyclic) bond motifs is 1. The van der Waals surface area contributed by atoms with E-state index in [-0.39, 0.29) is 11.6 Å². The number of aromatic hydroxyl groups is 1. The quantitative estimate of drug-likeness (QED) is 0.572. The number of benzene rings is 2. The molecule has 0 unspecified atom stereocenters. The molecular formula is C18H18N4O2. The number of amides is 2. The summed E-state index contributed by atoms with van der Waals surface area (Å²) in [6, 6.07) is 10.8. The van der Waals surface area contributed by atoms with Gasteiger partial charge in [0.2, 0.25) is 5.88 Å². The van der Waals surface area contributed by atoms with E-state index >= 15 is 0 Å². The lowest BCUT2D eigenvalue weighted by Crippen LogP contribution is -2.08. The number of para-hydroxylation sites is 1. The van der Waals surface area contributed by atoms with Crippen molar-refractivity contribution in [2.45, 2.75) is 20.8 Å². The van der Waals surface area contributed by atoms with Crippen molar-refractivity contribution in [3.63, 3.8) is 0 Å². The number of aromatic amines is 1. The Labute approximate surface area is 139 Å². The smallest absolute Gasteiger partial charge is 0.364 e. The van der Waals surface area contributed by atoms with Crippen molar-refractivity contribution < 1.29 is 9.90 Å². The van der Waals surface area contributed by atoms with Gasteiger partial charge in [0.15, 0.2) is 5.69 Å². The summed E-state index contributed by atoms with van der Waals surface area (Å²) in [6.07, 6.45) is 0. The van der Waals surface area contributed by atoms with Gasteiger partial charge in [0.05, 0.1) is 5.52 Å². The molecule has 0 radical (unpaired) electrons. The van der Waals surface area contributed by atoms with Crippen LogP contribution >= 0.6 is 0 Å². The maximum absolute atomic E-state index is 12.1. The number of urea groups is 1. The minimum absolute atomic E-state index is 0.112. The van der Waals surface area contributed by atoms with E-state index in [0.717, 1.165) is 33.3 Å². The third kappa shape index (κ3) is 2.99. The highest BCUT2D eigenvalue weighted by molar-refractivity contribution is 5.96. The monoisotopic (exact) mass is 322 g/mol. The van der Waals surface area contributed by atoms with E-state index < -0.39 is 6.03 Å². The zero-order valence-electron chi connectivity index (χ0n) is 13.7. The van der Waals surface area contributed by atoms with Crippen LogP contribution in [0.3, 0.4) is 0 Å². The number of hydrogen-bond acceptors (Lipinski definition) is 3. The lowest BCUT2D eigenvalue weighted by Gasteiger charge is -2.08. The first-order valence-electron chi connectivity index (χ1n) is 7.56. The SMILES string of the molecule is Cc1ccc2[nH]c(O)c(N=NC(=O)Nc3c(C)cccc3C)c2c1. The van der Waals surface area contributed by atoms with Crippen LogP contribution in [0, 0.1) is 20.8 Å². The summed E-state index contributed by atoms with van der Waals surface area (Å²) in [6.45, 7) is 5.76. The molecule has 0 aliphatic carbocycles. The number of hydrogen-bond donors (Lipinski definition) is 3. The number of carbonyl (C=O) groups is 1. The van der Waals surface area contributed by atoms with Crippen LogP contribution < -0.4 is 5.32 Å². The third-order valence-corrected chi connectivity index (χ3v) is 3.86. The van der Waals surface area contributed by atoms with Gasteiger partial charge in [-0.05, 0) is 44.0 Å². The Hall–Kier alpha value is -3.15. The first-order chi connectivity index (χ1) is 11.5. The van der Waals surface area contributed by atoms with Crippen molar-refractivity contribution in [2.24, 2.45) is 10.2 Å². The topological polar surface area (TPSA) is 89.8 Å². The van der Waals surface area contributed by atoms with Gasteiger partial charge in [-0.1, -0.05) is 34.9 Å². The molecule has 6 heteroatoms. The molecule has 0 aliphatic heterocycles. The predicted octanol–water partition coefficient (Wildman–Crippen LogP) is 5.11. The predicted molar refractivity (Wildman–Crippen MR) is 94.2 cm³/mol. The normalized spacial score (nSPS) is 11.3. The summed E-state index contributed by atoms with van der Waals surface area (Å²) >= 11 is 0. The molecular weight excluding hydrogens is 304 g/mol. The summed E-state index contributed by atoms with van der Waals surface area (Å²) in [5.74, 6) is -0.112. The second-order valence-corrected chi connectivity index (χ2v) is 5.77. The molecule has 122 valence electrons. The molecule has 0 spiro atoms. The Morgan fingerprint density at radius 1 is 1.12 bits per heavy atom. The molecule has 0 bridgehead atoms. The van der Waals surface area contributed by atoms with E-state index in [1.807, 2.05) is 57.2 Å². The van der Waals surface area contributed by atoms with Crippen molar-refractivity contribution in [2.75, 3.05) is 5.32 Å². The Balaban J connectivity index is 1.87. The Morgan fingerprint density at radius 2 is 1.83 bits per heavy atom. The van der Waals surface area contributed by atoms with Gasteiger partial charge in [-0.15, -0.1) is 5.11 Å². The Morgan fingerprint density at radius 3 is 2.54 bits per heavy atom. The van der Waals surface area contributed by atoms with Crippen LogP contribution in [0.2, 0.25) is 0 Å². The molecule has 0 fully saturated rings. The van der Waals surface area contributed by atoms with Crippen molar-refractivity contribution >= 4 is 28.3 Å². The number of anilines is 1. The highest BCUT2D eigenvalue weighted by atomic mass is 16.3. The summed E-state index contributed by atoms with van der Waals surface area (Å²) in [5.41, 5.74) is 4.64. The van der Waals surface area contributed by atoms with Crippen LogP contribution in [0.5, 0.6) is 5.88 Å². The fraction of sp³-hybridized carbons (Fsp3) is 0.167. The van der Waals surface area contributed by atoms with Crippen molar-refractivity contribution in [3.8, 4) is 5.88 Å². The summed E-state index contributed by atoms with van der Waals surface area (Å²) in [5, 5.41) is 21.0. The number of rotatable bonds is 2. The van der Waals surface area contributed by atoms with E-state index in [2.05, 4.69) is 20.5 Å². The summed E-state index contributed by atoms with van der Waals surface area (Å²) in [7, 11) is 0. The van der Waals surface area contributed by atoms with Crippen LogP contribution in [-0.2, 0) is 0 Å². The molecule has 1 aromatic heterocycles. The van der Waals surface area contributed by atoms with E-state index in [0.29, 0.717) is 0 Å². The van der Waals surface area contributed by atoms with Crippen LogP contribution in [-0.4, -0.2) is 16.1 Å². The van der Waals surface area contributed by atoms with E-state index in [4.69, 9.17) is 0 Å². The largest absolute Gasteiger partial charge is 0.493 e. The van der Waals surface area contributed by atoms with E-state index in [1.165, 1.54) is 0 Å². The number of aryl methyl sites for hydroxylation is 3.